The lowest BCUT2D eigenvalue weighted by atomic mass is 10.1. The quantitative estimate of drug-likeness (QED) is 0.428. The van der Waals surface area contributed by atoms with Crippen LogP contribution in [0.5, 0.6) is 11.5 Å². The molecule has 0 aliphatic carbocycles. The van der Waals surface area contributed by atoms with Crippen molar-refractivity contribution in [1.82, 2.24) is 9.78 Å². The van der Waals surface area contributed by atoms with Gasteiger partial charge < -0.3 is 9.29 Å². The molecule has 0 aliphatic rings. The average Bonchev–Trinajstić information content (AvgIpc) is 2.77. The van der Waals surface area contributed by atoms with Gasteiger partial charge in [0.2, 0.25) is 5.75 Å². The zero-order valence-corrected chi connectivity index (χ0v) is 17.3. The van der Waals surface area contributed by atoms with E-state index in [4.69, 9.17) is 9.29 Å². The van der Waals surface area contributed by atoms with Gasteiger partial charge in [-0.3, -0.25) is 4.79 Å². The molecule has 0 saturated carbocycles. The van der Waals surface area contributed by atoms with E-state index in [9.17, 15) is 17.8 Å². The largest absolute Gasteiger partial charge is 0.451 e. The predicted octanol–water partition coefficient (Wildman–Crippen LogP) is 4.69. The zero-order valence-electron chi connectivity index (χ0n) is 16.4. The van der Waals surface area contributed by atoms with Gasteiger partial charge in [0, 0.05) is 0 Å². The Hall–Kier alpha value is -3.69. The van der Waals surface area contributed by atoms with Crippen LogP contribution in [0.25, 0.3) is 16.8 Å². The molecule has 1 atom stereocenters. The highest BCUT2D eigenvalue weighted by atomic mass is 32.2. The van der Waals surface area contributed by atoms with Gasteiger partial charge in [-0.25, -0.2) is 13.0 Å². The van der Waals surface area contributed by atoms with Crippen molar-refractivity contribution in [3.05, 3.63) is 107 Å². The van der Waals surface area contributed by atoms with Crippen LogP contribution < -0.4 is 10.3 Å². The molecule has 9 heteroatoms. The van der Waals surface area contributed by atoms with Crippen molar-refractivity contribution in [2.45, 2.75) is 5.75 Å². The smallest absolute Gasteiger partial charge is 0.315 e. The van der Waals surface area contributed by atoms with Crippen LogP contribution in [0.2, 0.25) is 0 Å². The van der Waals surface area contributed by atoms with Gasteiger partial charge in [0.15, 0.2) is 11.1 Å². The first kappa shape index (κ1) is 21.5. The molecule has 4 aromatic rings. The maximum atomic E-state index is 13.3. The van der Waals surface area contributed by atoms with E-state index < -0.39 is 28.3 Å². The average molecular weight is 454 g/mol. The molecule has 0 bridgehead atoms. The highest BCUT2D eigenvalue weighted by Gasteiger charge is 2.17. The van der Waals surface area contributed by atoms with E-state index in [1.807, 2.05) is 0 Å². The number of aromatic nitrogens is 2. The van der Waals surface area contributed by atoms with Crippen LogP contribution in [0.4, 0.5) is 8.78 Å². The molecule has 0 saturated heterocycles. The molecule has 0 radical (unpaired) electrons. The maximum absolute atomic E-state index is 13.3. The molecule has 1 N–H and O–H groups in total. The van der Waals surface area contributed by atoms with E-state index >= 15 is 0 Å². The van der Waals surface area contributed by atoms with Crippen molar-refractivity contribution >= 4 is 11.1 Å². The van der Waals surface area contributed by atoms with E-state index in [0.717, 1.165) is 4.68 Å². The van der Waals surface area contributed by atoms with Gasteiger partial charge in [0.05, 0.1) is 23.2 Å². The summed E-state index contributed by atoms with van der Waals surface area (Å²) >= 11 is -1.98. The molecular formula is C23H16F2N2O4S. The molecule has 0 fully saturated rings. The first-order valence-electron chi connectivity index (χ1n) is 9.39. The summed E-state index contributed by atoms with van der Waals surface area (Å²) in [6, 6.07) is 17.1. The number of hydrogen-bond donors (Lipinski definition) is 1. The van der Waals surface area contributed by atoms with Crippen LogP contribution >= 0.6 is 0 Å². The van der Waals surface area contributed by atoms with Crippen molar-refractivity contribution in [3.63, 3.8) is 0 Å². The summed E-state index contributed by atoms with van der Waals surface area (Å²) in [5, 5.41) is 4.19. The van der Waals surface area contributed by atoms with Gasteiger partial charge in [0.1, 0.15) is 17.4 Å². The van der Waals surface area contributed by atoms with Gasteiger partial charge in [-0.1, -0.05) is 24.3 Å². The molecule has 4 rings (SSSR count). The summed E-state index contributed by atoms with van der Waals surface area (Å²) in [6.07, 6.45) is 1.43. The maximum Gasteiger partial charge on any atom is 0.315 e. The standard InChI is InChI=1S/C23H16F2N2O4S/c24-17-5-9-19(10-6-17)27-23(28)22(31-20-11-7-18(25)8-12-20)21(13-26-27)16-3-1-15(2-4-16)14-32(29)30/h1-13H,14H2,(H,29,30). The Labute approximate surface area is 184 Å². The van der Waals surface area contributed by atoms with E-state index in [2.05, 4.69) is 5.10 Å². The molecule has 0 spiro atoms. The molecule has 1 unspecified atom stereocenters. The summed E-state index contributed by atoms with van der Waals surface area (Å²) in [5.74, 6) is -0.745. The Morgan fingerprint density at radius 1 is 0.906 bits per heavy atom. The number of halogens is 2. The third kappa shape index (κ3) is 4.79. The SMILES string of the molecule is O=c1c(Oc2ccc(F)cc2)c(-c2ccc(CS(=O)O)cc2)cnn1-c1ccc(F)cc1. The van der Waals surface area contributed by atoms with E-state index in [-0.39, 0.29) is 17.3 Å². The lowest BCUT2D eigenvalue weighted by molar-refractivity contribution is 0.468. The van der Waals surface area contributed by atoms with Crippen LogP contribution in [0.1, 0.15) is 5.56 Å². The van der Waals surface area contributed by atoms with Crippen LogP contribution in [-0.2, 0) is 16.8 Å². The highest BCUT2D eigenvalue weighted by molar-refractivity contribution is 7.78. The topological polar surface area (TPSA) is 81.4 Å². The second-order valence-electron chi connectivity index (χ2n) is 6.80. The first-order valence-corrected chi connectivity index (χ1v) is 10.7. The predicted molar refractivity (Wildman–Crippen MR) is 116 cm³/mol. The van der Waals surface area contributed by atoms with Gasteiger partial charge in [0.25, 0.3) is 0 Å². The van der Waals surface area contributed by atoms with Gasteiger partial charge in [-0.2, -0.15) is 9.78 Å². The summed E-state index contributed by atoms with van der Waals surface area (Å²) < 4.78 is 53.6. The van der Waals surface area contributed by atoms with Crippen LogP contribution in [0.15, 0.2) is 83.8 Å². The lowest BCUT2D eigenvalue weighted by Crippen LogP contribution is -2.22. The van der Waals surface area contributed by atoms with Crippen molar-refractivity contribution in [1.29, 1.82) is 0 Å². The fraction of sp³-hybridized carbons (Fsp3) is 0.0435. The summed E-state index contributed by atoms with van der Waals surface area (Å²) in [7, 11) is 0. The Balaban J connectivity index is 1.82. The molecule has 0 aliphatic heterocycles. The van der Waals surface area contributed by atoms with Crippen molar-refractivity contribution in [2.75, 3.05) is 0 Å². The normalized spacial score (nSPS) is 11.8. The van der Waals surface area contributed by atoms with E-state index in [1.165, 1.54) is 54.7 Å². The molecular weight excluding hydrogens is 438 g/mol. The van der Waals surface area contributed by atoms with Gasteiger partial charge in [-0.05, 0) is 59.7 Å². The summed E-state index contributed by atoms with van der Waals surface area (Å²) in [4.78, 5) is 13.3. The number of ether oxygens (including phenoxy) is 1. The molecule has 1 heterocycles. The van der Waals surface area contributed by atoms with Crippen molar-refractivity contribution in [3.8, 4) is 28.3 Å². The Kier molecular flexibility index (Phi) is 6.20. The van der Waals surface area contributed by atoms with Gasteiger partial charge in [-0.15, -0.1) is 0 Å². The fourth-order valence-corrected chi connectivity index (χ4v) is 3.53. The lowest BCUT2D eigenvalue weighted by Gasteiger charge is -2.13. The van der Waals surface area contributed by atoms with Crippen molar-refractivity contribution in [2.24, 2.45) is 0 Å². The third-order valence-electron chi connectivity index (χ3n) is 4.59. The number of benzene rings is 3. The fourth-order valence-electron chi connectivity index (χ4n) is 3.05. The van der Waals surface area contributed by atoms with E-state index in [0.29, 0.717) is 22.4 Å². The summed E-state index contributed by atoms with van der Waals surface area (Å²) in [6.45, 7) is 0. The van der Waals surface area contributed by atoms with Crippen LogP contribution in [-0.4, -0.2) is 18.5 Å². The van der Waals surface area contributed by atoms with E-state index in [1.54, 1.807) is 24.3 Å². The molecule has 32 heavy (non-hydrogen) atoms. The Morgan fingerprint density at radius 3 is 2.09 bits per heavy atom. The second-order valence-corrected chi connectivity index (χ2v) is 7.73. The minimum absolute atomic E-state index is 0.0242. The minimum atomic E-state index is -1.98. The molecule has 162 valence electrons. The zero-order chi connectivity index (χ0) is 22.7. The minimum Gasteiger partial charge on any atom is -0.451 e. The first-order chi connectivity index (χ1) is 15.4. The van der Waals surface area contributed by atoms with Crippen LogP contribution in [0, 0.1) is 11.6 Å². The number of hydrogen-bond acceptors (Lipinski definition) is 4. The number of nitrogens with zero attached hydrogens (tertiary/aromatic N) is 2. The second kappa shape index (κ2) is 9.21. The van der Waals surface area contributed by atoms with Crippen LogP contribution in [0.3, 0.4) is 0 Å². The molecule has 1 aromatic heterocycles. The van der Waals surface area contributed by atoms with Gasteiger partial charge >= 0.3 is 5.56 Å². The highest BCUT2D eigenvalue weighted by Crippen LogP contribution is 2.30. The summed E-state index contributed by atoms with van der Waals surface area (Å²) in [5.41, 5.74) is 1.34. The Morgan fingerprint density at radius 2 is 1.50 bits per heavy atom. The molecule has 0 amide bonds. The monoisotopic (exact) mass is 454 g/mol. The molecule has 3 aromatic carbocycles. The Bertz CT molecular complexity index is 1320. The third-order valence-corrected chi connectivity index (χ3v) is 5.17. The molecule has 6 nitrogen and oxygen atoms in total. The number of rotatable bonds is 6. The van der Waals surface area contributed by atoms with Crippen molar-refractivity contribution < 1.29 is 22.3 Å².